The van der Waals surface area contributed by atoms with E-state index in [1.807, 2.05) is 0 Å². The minimum absolute atomic E-state index is 0.0477. The van der Waals surface area contributed by atoms with Crippen LogP contribution >= 0.6 is 0 Å². The van der Waals surface area contributed by atoms with Crippen LogP contribution in [-0.4, -0.2) is 197 Å². The third-order valence-corrected chi connectivity index (χ3v) is 19.2. The molecule has 6 aliphatic rings. The Morgan fingerprint density at radius 2 is 0.917 bits per heavy atom. The number of carboxylic acid groups (broad SMARTS) is 2. The number of benzene rings is 4. The average Bonchev–Trinajstić information content (AvgIpc) is 1.64. The SMILES string of the molecule is CNC(C)C(=O)NC(C(=O)N1CC2CC1C(=O)NC(Cc1ccc(C(F)(F)F)cc1)C(=O)NC(C(=O)O)Cc1ccc(cc1)COc1cn(nn1)C1CC(C(=O)NC(Cc3ccc(C(F)(F)F)cc3)C(=O)NC(C(=O)O)Cc3ccc(cc3)OCc3cn2nn3)N(C(=O)C(NC(=O)C(C)NC)C(C)C)C1)C(C)C. The van der Waals surface area contributed by atoms with Crippen molar-refractivity contribution in [3.63, 3.8) is 0 Å². The maximum atomic E-state index is 15.0. The number of aliphatic carboxylic acids is 2. The highest BCUT2D eigenvalue weighted by Crippen LogP contribution is 2.34. The number of carboxylic acids is 2. The molecular formula is C72H86F6N16O14. The Kier molecular flexibility index (Phi) is 26.4. The Morgan fingerprint density at radius 3 is 1.31 bits per heavy atom. The van der Waals surface area contributed by atoms with Crippen molar-refractivity contribution in [2.45, 2.75) is 178 Å². The van der Waals surface area contributed by atoms with Gasteiger partial charge in [-0.15, -0.1) is 5.10 Å². The summed E-state index contributed by atoms with van der Waals surface area (Å²) in [6.45, 7) is 8.96. The Morgan fingerprint density at radius 1 is 0.519 bits per heavy atom. The summed E-state index contributed by atoms with van der Waals surface area (Å²) in [4.78, 5) is 144. The van der Waals surface area contributed by atoms with E-state index in [4.69, 9.17) is 9.47 Å². The van der Waals surface area contributed by atoms with E-state index in [2.05, 4.69) is 63.2 Å². The second-order valence-corrected chi connectivity index (χ2v) is 27.7. The van der Waals surface area contributed by atoms with E-state index in [0.717, 1.165) is 48.5 Å². The summed E-state index contributed by atoms with van der Waals surface area (Å²) < 4.78 is 97.6. The van der Waals surface area contributed by atoms with Crippen molar-refractivity contribution in [2.24, 2.45) is 11.8 Å². The predicted molar refractivity (Wildman–Crippen MR) is 371 cm³/mol. The number of ether oxygens (including phenoxy) is 2. The van der Waals surface area contributed by atoms with Crippen LogP contribution < -0.4 is 52.0 Å². The molecule has 30 nitrogen and oxygen atoms in total. The van der Waals surface area contributed by atoms with E-state index in [9.17, 15) is 84.5 Å². The number of nitrogens with one attached hydrogen (secondary N) is 8. The maximum absolute atomic E-state index is 15.0. The average molecular weight is 1510 g/mol. The van der Waals surface area contributed by atoms with Gasteiger partial charge in [-0.3, -0.25) is 38.4 Å². The second-order valence-electron chi connectivity index (χ2n) is 27.7. The molecule has 108 heavy (non-hydrogen) atoms. The maximum Gasteiger partial charge on any atom is 0.416 e. The topological polar surface area (TPSA) is 394 Å². The zero-order chi connectivity index (χ0) is 78.6. The van der Waals surface area contributed by atoms with E-state index in [1.165, 1.54) is 62.9 Å². The summed E-state index contributed by atoms with van der Waals surface area (Å²) in [6, 6.07) is 4.58. The highest BCUT2D eigenvalue weighted by atomic mass is 19.4. The Hall–Kier alpha value is -11.0. The summed E-state index contributed by atoms with van der Waals surface area (Å²) in [5, 5.41) is 59.5. The lowest BCUT2D eigenvalue weighted by Gasteiger charge is -2.32. The van der Waals surface area contributed by atoms with Crippen molar-refractivity contribution >= 4 is 59.2 Å². The van der Waals surface area contributed by atoms with Crippen LogP contribution in [0.4, 0.5) is 26.3 Å². The first-order valence-electron chi connectivity index (χ1n) is 34.9. The highest BCUT2D eigenvalue weighted by molar-refractivity contribution is 5.98. The van der Waals surface area contributed by atoms with Crippen molar-refractivity contribution in [1.82, 2.24) is 82.3 Å². The van der Waals surface area contributed by atoms with E-state index in [-0.39, 0.29) is 80.4 Å². The van der Waals surface area contributed by atoms with Gasteiger partial charge in [0.15, 0.2) is 0 Å². The van der Waals surface area contributed by atoms with Crippen LogP contribution in [0.2, 0.25) is 0 Å². The molecule has 8 amide bonds. The largest absolute Gasteiger partial charge is 0.487 e. The number of likely N-dealkylation sites (N-methyl/N-ethyl adjacent to an activating group) is 2. The zero-order valence-corrected chi connectivity index (χ0v) is 60.2. The van der Waals surface area contributed by atoms with E-state index >= 15 is 0 Å². The molecule has 0 aliphatic carbocycles. The number of amides is 8. The fourth-order valence-electron chi connectivity index (χ4n) is 12.6. The standard InChI is InChI=1S/C72H86F6N16O14/c1-37(2)59(85-61(95)39(5)79-7)67(101)91-32-49-29-56(91)65(99)81-52(25-42-13-19-46(20-14-42)71(73,74)75)63(97)83-54(69(103)104)27-41-9-11-45(12-10-41)35-108-58-34-94(90-88-58)50-30-57(92(33-50)68(102)60(38(3)4)86-62(96)40(6)80-8)66(100)82-53(26-43-15-21-47(22-16-43)72(76,77)78)64(98)84-55(70(105)106)28-44-17-23-51(24-18-44)107-36-48-31-93(49)89-87-48/h9-24,31,34,37-40,49-50,52-57,59-60,79-80H,25-30,32-33,35-36H2,1-8H3,(H,81,99)(H,82,100)(H,83,97)(H,84,98)(H,85,95)(H,86,96)(H,103,104)(H,105,106). The molecule has 8 heterocycles. The van der Waals surface area contributed by atoms with E-state index in [1.54, 1.807) is 72.9 Å². The van der Waals surface area contributed by atoms with Gasteiger partial charge < -0.3 is 72.0 Å². The lowest BCUT2D eigenvalue weighted by atomic mass is 10.00. The molecule has 10 N–H and O–H groups in total. The van der Waals surface area contributed by atoms with Gasteiger partial charge in [0.1, 0.15) is 73.0 Å². The van der Waals surface area contributed by atoms with Gasteiger partial charge in [0.25, 0.3) is 5.88 Å². The van der Waals surface area contributed by atoms with Crippen molar-refractivity contribution < 1.29 is 94.0 Å². The third kappa shape index (κ3) is 20.8. The first-order chi connectivity index (χ1) is 51.1. The molecule has 6 aromatic rings. The van der Waals surface area contributed by atoms with Gasteiger partial charge in [0.05, 0.1) is 47.7 Å². The molecule has 2 aromatic heterocycles. The lowest BCUT2D eigenvalue weighted by Crippen LogP contribution is -2.59. The van der Waals surface area contributed by atoms with Crippen LogP contribution in [0, 0.1) is 11.8 Å². The number of likely N-dealkylation sites (tertiary alicyclic amines) is 2. The fourth-order valence-corrected chi connectivity index (χ4v) is 12.6. The van der Waals surface area contributed by atoms with Crippen LogP contribution in [0.25, 0.3) is 0 Å². The minimum atomic E-state index is -4.74. The van der Waals surface area contributed by atoms with Gasteiger partial charge in [-0.2, -0.15) is 26.3 Å². The Bertz CT molecular complexity index is 3930. The first-order valence-corrected chi connectivity index (χ1v) is 34.9. The normalized spacial score (nSPS) is 21.9. The first kappa shape index (κ1) is 81.0. The molecule has 580 valence electrons. The summed E-state index contributed by atoms with van der Waals surface area (Å²) in [7, 11) is 3.08. The molecule has 4 aromatic carbocycles. The molecule has 0 saturated carbocycles. The summed E-state index contributed by atoms with van der Waals surface area (Å²) in [5.74, 6) is -10.4. The van der Waals surface area contributed by atoms with Crippen molar-refractivity contribution in [3.8, 4) is 11.6 Å². The zero-order valence-electron chi connectivity index (χ0n) is 60.2. The summed E-state index contributed by atoms with van der Waals surface area (Å²) in [5.41, 5.74) is -0.291. The van der Waals surface area contributed by atoms with Gasteiger partial charge in [-0.05, 0) is 104 Å². The highest BCUT2D eigenvalue weighted by Gasteiger charge is 2.48. The van der Waals surface area contributed by atoms with Gasteiger partial charge in [0, 0.05) is 51.6 Å². The van der Waals surface area contributed by atoms with Crippen LogP contribution in [0.1, 0.15) is 111 Å². The quantitative estimate of drug-likeness (QED) is 0.0622. The van der Waals surface area contributed by atoms with Gasteiger partial charge in [0.2, 0.25) is 47.3 Å². The number of hydrogen-bond acceptors (Lipinski definition) is 18. The molecule has 12 bridgehead atoms. The van der Waals surface area contributed by atoms with Crippen LogP contribution in [0.5, 0.6) is 11.6 Å². The van der Waals surface area contributed by atoms with Gasteiger partial charge >= 0.3 is 24.3 Å². The molecule has 6 aliphatic heterocycles. The molecule has 12 rings (SSSR count). The molecule has 0 spiro atoms. The number of aromatic nitrogens is 6. The Balaban J connectivity index is 1.05. The summed E-state index contributed by atoms with van der Waals surface area (Å²) in [6.07, 6.45) is -8.62. The van der Waals surface area contributed by atoms with Crippen LogP contribution in [0.3, 0.4) is 0 Å². The number of hydrogen-bond donors (Lipinski definition) is 10. The van der Waals surface area contributed by atoms with Crippen LogP contribution in [0.15, 0.2) is 109 Å². The molecule has 2 saturated heterocycles. The second kappa shape index (κ2) is 35.1. The minimum Gasteiger partial charge on any atom is -0.487 e. The van der Waals surface area contributed by atoms with E-state index in [0.29, 0.717) is 16.7 Å². The van der Waals surface area contributed by atoms with Gasteiger partial charge in [-0.1, -0.05) is 104 Å². The van der Waals surface area contributed by atoms with Crippen molar-refractivity contribution in [1.29, 1.82) is 0 Å². The molecule has 36 heteroatoms. The monoisotopic (exact) mass is 1510 g/mol. The number of alkyl halides is 6. The van der Waals surface area contributed by atoms with Crippen molar-refractivity contribution in [2.75, 3.05) is 27.2 Å². The number of halogens is 6. The van der Waals surface area contributed by atoms with Gasteiger partial charge in [-0.25, -0.2) is 19.0 Å². The van der Waals surface area contributed by atoms with Crippen molar-refractivity contribution in [3.05, 3.63) is 154 Å². The Labute approximate surface area is 616 Å². The molecule has 12 unspecified atom stereocenters. The van der Waals surface area contributed by atoms with Crippen LogP contribution in [-0.2, 0) is 99.2 Å². The molecule has 2 fully saturated rings. The number of nitrogens with zero attached hydrogens (tertiary/aromatic N) is 8. The molecule has 0 radical (unpaired) electrons. The molecule has 12 atom stereocenters. The molecular weight excluding hydrogens is 1430 g/mol. The number of rotatable bonds is 16. The smallest absolute Gasteiger partial charge is 0.416 e. The summed E-state index contributed by atoms with van der Waals surface area (Å²) >= 11 is 0. The van der Waals surface area contributed by atoms with E-state index < -0.39 is 180 Å². The fraction of sp³-hybridized carbons (Fsp3) is 0.472. The predicted octanol–water partition coefficient (Wildman–Crippen LogP) is 3.24. The lowest BCUT2D eigenvalue weighted by molar-refractivity contribution is -0.144. The number of carbonyl (C=O) groups excluding carboxylic acids is 8. The third-order valence-electron chi connectivity index (χ3n) is 19.2. The number of carbonyl (C=O) groups is 10.